The molecule has 0 radical (unpaired) electrons. The van der Waals surface area contributed by atoms with Crippen molar-refractivity contribution in [1.29, 1.82) is 0 Å². The minimum absolute atomic E-state index is 0.126. The van der Waals surface area contributed by atoms with Crippen LogP contribution in [-0.4, -0.2) is 26.1 Å². The Bertz CT molecular complexity index is 999. The number of benzene rings is 1. The molecule has 0 saturated carbocycles. The van der Waals surface area contributed by atoms with E-state index in [0.29, 0.717) is 23.6 Å². The summed E-state index contributed by atoms with van der Waals surface area (Å²) in [4.78, 5) is 21.2. The zero-order valence-corrected chi connectivity index (χ0v) is 15.2. The topological polar surface area (TPSA) is 83.6 Å². The number of H-pyrrole nitrogens is 1. The van der Waals surface area contributed by atoms with Gasteiger partial charge >= 0.3 is 0 Å². The highest BCUT2D eigenvalue weighted by Gasteiger charge is 2.21. The van der Waals surface area contributed by atoms with Gasteiger partial charge in [0.05, 0.1) is 11.6 Å². The summed E-state index contributed by atoms with van der Waals surface area (Å²) in [5.74, 6) is 1.07. The van der Waals surface area contributed by atoms with E-state index in [1.807, 2.05) is 59.3 Å². The molecule has 4 aromatic rings. The Labute approximate surface area is 160 Å². The quantitative estimate of drug-likeness (QED) is 0.539. The minimum atomic E-state index is -0.317. The summed E-state index contributed by atoms with van der Waals surface area (Å²) in [5.41, 5.74) is 2.62. The fraction of sp³-hybridized carbons (Fsp3) is 0.100. The number of nitrogens with zero attached hydrogens (tertiary/aromatic N) is 3. The van der Waals surface area contributed by atoms with Crippen molar-refractivity contribution < 1.29 is 4.79 Å². The van der Waals surface area contributed by atoms with Gasteiger partial charge in [0, 0.05) is 23.3 Å². The van der Waals surface area contributed by atoms with Crippen molar-refractivity contribution in [2.24, 2.45) is 0 Å². The van der Waals surface area contributed by atoms with Crippen molar-refractivity contribution in [3.8, 4) is 11.4 Å². The van der Waals surface area contributed by atoms with Gasteiger partial charge in [-0.05, 0) is 35.6 Å². The number of aromatic nitrogens is 4. The molecule has 0 bridgehead atoms. The summed E-state index contributed by atoms with van der Waals surface area (Å²) in [6, 6.07) is 15.2. The van der Waals surface area contributed by atoms with E-state index in [9.17, 15) is 4.79 Å². The number of rotatable bonds is 6. The van der Waals surface area contributed by atoms with E-state index in [1.165, 1.54) is 11.3 Å². The number of pyridine rings is 1. The van der Waals surface area contributed by atoms with Crippen molar-refractivity contribution in [2.75, 3.05) is 0 Å². The first-order valence-corrected chi connectivity index (χ1v) is 9.43. The van der Waals surface area contributed by atoms with Crippen LogP contribution in [0.5, 0.6) is 0 Å². The van der Waals surface area contributed by atoms with Crippen LogP contribution in [0.2, 0.25) is 0 Å². The Morgan fingerprint density at radius 1 is 1.11 bits per heavy atom. The van der Waals surface area contributed by atoms with Gasteiger partial charge in [0.15, 0.2) is 5.82 Å². The van der Waals surface area contributed by atoms with Gasteiger partial charge in [-0.25, -0.2) is 4.98 Å². The number of amides is 1. The number of nitrogens with one attached hydrogen (secondary N) is 2. The number of hydrogen-bond acceptors (Lipinski definition) is 5. The second kappa shape index (κ2) is 7.92. The zero-order valence-electron chi connectivity index (χ0n) is 14.4. The molecule has 0 aliphatic heterocycles. The van der Waals surface area contributed by atoms with Crippen LogP contribution in [0, 0.1) is 0 Å². The van der Waals surface area contributed by atoms with Crippen LogP contribution in [0.15, 0.2) is 71.7 Å². The van der Waals surface area contributed by atoms with Gasteiger partial charge in [0.1, 0.15) is 5.82 Å². The van der Waals surface area contributed by atoms with Gasteiger partial charge in [-0.15, -0.1) is 0 Å². The molecule has 6 nitrogen and oxygen atoms in total. The number of aromatic amines is 1. The van der Waals surface area contributed by atoms with Crippen LogP contribution in [0.4, 0.5) is 0 Å². The van der Waals surface area contributed by atoms with Gasteiger partial charge in [-0.3, -0.25) is 14.9 Å². The van der Waals surface area contributed by atoms with Crippen LogP contribution >= 0.6 is 11.3 Å². The molecule has 1 aromatic carbocycles. The van der Waals surface area contributed by atoms with Crippen molar-refractivity contribution in [2.45, 2.75) is 12.5 Å². The Kier molecular flexibility index (Phi) is 5.02. The molecule has 0 aliphatic rings. The minimum Gasteiger partial charge on any atom is -0.342 e. The average Bonchev–Trinajstić information content (AvgIpc) is 3.41. The second-order valence-corrected chi connectivity index (χ2v) is 6.79. The highest BCUT2D eigenvalue weighted by atomic mass is 32.1. The molecule has 0 aliphatic carbocycles. The standard InChI is InChI=1S/C20H17N5OS/c26-20(16-8-11-27-13-16)22-17(12-14-4-2-1-3-5-14)19-23-18(24-25-19)15-6-9-21-10-7-15/h1-11,13,17H,12H2,(H,22,26)(H,23,24,25)/t17-/m1/s1. The first-order valence-electron chi connectivity index (χ1n) is 8.49. The number of hydrogen-bond donors (Lipinski definition) is 2. The van der Waals surface area contributed by atoms with Crippen molar-refractivity contribution >= 4 is 17.2 Å². The first-order chi connectivity index (χ1) is 13.3. The average molecular weight is 375 g/mol. The lowest BCUT2D eigenvalue weighted by Gasteiger charge is -2.16. The summed E-state index contributed by atoms with van der Waals surface area (Å²) >= 11 is 1.49. The molecule has 7 heteroatoms. The van der Waals surface area contributed by atoms with E-state index in [1.54, 1.807) is 12.4 Å². The number of carbonyl (C=O) groups is 1. The Morgan fingerprint density at radius 2 is 1.93 bits per heavy atom. The fourth-order valence-electron chi connectivity index (χ4n) is 2.76. The predicted molar refractivity (Wildman–Crippen MR) is 104 cm³/mol. The van der Waals surface area contributed by atoms with Crippen LogP contribution in [0.3, 0.4) is 0 Å². The number of thiophene rings is 1. The van der Waals surface area contributed by atoms with Crippen molar-refractivity contribution in [3.05, 3.63) is 88.6 Å². The molecule has 0 fully saturated rings. The third-order valence-corrected chi connectivity index (χ3v) is 4.83. The molecule has 2 N–H and O–H groups in total. The van der Waals surface area contributed by atoms with Crippen molar-refractivity contribution in [3.63, 3.8) is 0 Å². The monoisotopic (exact) mass is 375 g/mol. The molecule has 1 atom stereocenters. The molecule has 3 heterocycles. The highest BCUT2D eigenvalue weighted by molar-refractivity contribution is 7.08. The third kappa shape index (κ3) is 4.09. The highest BCUT2D eigenvalue weighted by Crippen LogP contribution is 2.20. The second-order valence-electron chi connectivity index (χ2n) is 6.01. The van der Waals surface area contributed by atoms with E-state index in [0.717, 1.165) is 11.1 Å². The van der Waals surface area contributed by atoms with E-state index < -0.39 is 0 Å². The smallest absolute Gasteiger partial charge is 0.252 e. The lowest BCUT2D eigenvalue weighted by Crippen LogP contribution is -2.30. The summed E-state index contributed by atoms with van der Waals surface area (Å²) in [7, 11) is 0. The van der Waals surface area contributed by atoms with Gasteiger partial charge in [0.2, 0.25) is 0 Å². The predicted octanol–water partition coefficient (Wildman–Crippen LogP) is 3.64. The Hall–Kier alpha value is -3.32. The summed E-state index contributed by atoms with van der Waals surface area (Å²) in [6.07, 6.45) is 4.01. The lowest BCUT2D eigenvalue weighted by atomic mass is 10.1. The normalized spacial score (nSPS) is 11.9. The van der Waals surface area contributed by atoms with Crippen LogP contribution in [0.1, 0.15) is 27.8 Å². The summed E-state index contributed by atoms with van der Waals surface area (Å²) in [5, 5.41) is 14.1. The lowest BCUT2D eigenvalue weighted by molar-refractivity contribution is 0.0935. The Morgan fingerprint density at radius 3 is 2.67 bits per heavy atom. The van der Waals surface area contributed by atoms with E-state index in [4.69, 9.17) is 0 Å². The zero-order chi connectivity index (χ0) is 18.5. The maximum absolute atomic E-state index is 12.6. The maximum Gasteiger partial charge on any atom is 0.252 e. The van der Waals surface area contributed by atoms with Crippen LogP contribution < -0.4 is 5.32 Å². The van der Waals surface area contributed by atoms with Gasteiger partial charge in [-0.2, -0.15) is 16.4 Å². The SMILES string of the molecule is O=C(N[C@H](Cc1ccccc1)c1nc(-c2ccncc2)n[nH]1)c1ccsc1. The fourth-order valence-corrected chi connectivity index (χ4v) is 3.40. The summed E-state index contributed by atoms with van der Waals surface area (Å²) in [6.45, 7) is 0. The molecule has 0 saturated heterocycles. The molecule has 134 valence electrons. The van der Waals surface area contributed by atoms with E-state index >= 15 is 0 Å². The van der Waals surface area contributed by atoms with Crippen LogP contribution in [0.25, 0.3) is 11.4 Å². The molecule has 3 aromatic heterocycles. The van der Waals surface area contributed by atoms with Gasteiger partial charge < -0.3 is 5.32 Å². The Balaban J connectivity index is 1.61. The maximum atomic E-state index is 12.6. The van der Waals surface area contributed by atoms with Gasteiger partial charge in [0.25, 0.3) is 5.91 Å². The molecule has 1 amide bonds. The van der Waals surface area contributed by atoms with E-state index in [2.05, 4.69) is 25.5 Å². The molecule has 27 heavy (non-hydrogen) atoms. The van der Waals surface area contributed by atoms with Crippen LogP contribution in [-0.2, 0) is 6.42 Å². The van der Waals surface area contributed by atoms with Crippen molar-refractivity contribution in [1.82, 2.24) is 25.5 Å². The summed E-state index contributed by atoms with van der Waals surface area (Å²) < 4.78 is 0. The largest absolute Gasteiger partial charge is 0.342 e. The third-order valence-electron chi connectivity index (χ3n) is 4.14. The molecule has 4 rings (SSSR count). The van der Waals surface area contributed by atoms with E-state index in [-0.39, 0.29) is 11.9 Å². The number of carbonyl (C=O) groups excluding carboxylic acids is 1. The molecule has 0 unspecified atom stereocenters. The molecule has 0 spiro atoms. The van der Waals surface area contributed by atoms with Gasteiger partial charge in [-0.1, -0.05) is 30.3 Å². The molecular formula is C20H17N5OS. The molecular weight excluding hydrogens is 358 g/mol. The first kappa shape index (κ1) is 17.1.